The van der Waals surface area contributed by atoms with Gasteiger partial charge in [-0.05, 0) is 37.1 Å². The molecule has 18 heavy (non-hydrogen) atoms. The van der Waals surface area contributed by atoms with Crippen LogP contribution in [0.15, 0.2) is 35.1 Å². The normalized spacial score (nSPS) is 12.4. The van der Waals surface area contributed by atoms with E-state index in [2.05, 4.69) is 21.0 Å². The van der Waals surface area contributed by atoms with Crippen molar-refractivity contribution >= 4 is 15.9 Å². The molecule has 1 atom stereocenters. The fourth-order valence-electron chi connectivity index (χ4n) is 1.73. The third-order valence-electron chi connectivity index (χ3n) is 2.47. The van der Waals surface area contributed by atoms with Gasteiger partial charge in [0.15, 0.2) is 5.75 Å². The maximum absolute atomic E-state index is 5.85. The van der Waals surface area contributed by atoms with Crippen LogP contribution >= 0.6 is 15.9 Å². The van der Waals surface area contributed by atoms with Gasteiger partial charge in [-0.25, -0.2) is 0 Å². The van der Waals surface area contributed by atoms with Crippen LogP contribution in [0.2, 0.25) is 0 Å². The molecule has 1 unspecified atom stereocenters. The van der Waals surface area contributed by atoms with E-state index in [-0.39, 0.29) is 6.04 Å². The number of nitrogens with two attached hydrogens (primary N) is 1. The predicted molar refractivity (Wildman–Crippen MR) is 74.8 cm³/mol. The maximum Gasteiger partial charge on any atom is 0.165 e. The second-order valence-corrected chi connectivity index (χ2v) is 5.30. The SMILES string of the molecule is CC(N)Cc1cc(Br)ccc1Oc1cnn(C)c1. The first-order valence-corrected chi connectivity index (χ1v) is 6.54. The van der Waals surface area contributed by atoms with Gasteiger partial charge in [-0.1, -0.05) is 15.9 Å². The van der Waals surface area contributed by atoms with Crippen LogP contribution in [0.25, 0.3) is 0 Å². The molecule has 0 amide bonds. The van der Waals surface area contributed by atoms with E-state index in [1.807, 2.05) is 38.4 Å². The van der Waals surface area contributed by atoms with Crippen LogP contribution in [-0.2, 0) is 13.5 Å². The highest BCUT2D eigenvalue weighted by Crippen LogP contribution is 2.28. The van der Waals surface area contributed by atoms with Gasteiger partial charge in [0, 0.05) is 17.6 Å². The van der Waals surface area contributed by atoms with Gasteiger partial charge in [0.2, 0.25) is 0 Å². The Labute approximate surface area is 115 Å². The molecule has 0 aliphatic heterocycles. The summed E-state index contributed by atoms with van der Waals surface area (Å²) in [6.07, 6.45) is 4.30. The molecule has 2 rings (SSSR count). The Morgan fingerprint density at radius 2 is 2.28 bits per heavy atom. The molecule has 0 aliphatic rings. The molecule has 0 spiro atoms. The van der Waals surface area contributed by atoms with Gasteiger partial charge < -0.3 is 10.5 Å². The van der Waals surface area contributed by atoms with Crippen LogP contribution in [0.4, 0.5) is 0 Å². The molecule has 0 aliphatic carbocycles. The summed E-state index contributed by atoms with van der Waals surface area (Å²) < 4.78 is 8.56. The van der Waals surface area contributed by atoms with Crippen LogP contribution in [0, 0.1) is 0 Å². The van der Waals surface area contributed by atoms with Gasteiger partial charge in [0.05, 0.1) is 12.4 Å². The lowest BCUT2D eigenvalue weighted by molar-refractivity contribution is 0.473. The topological polar surface area (TPSA) is 53.1 Å². The summed E-state index contributed by atoms with van der Waals surface area (Å²) in [5.41, 5.74) is 6.94. The van der Waals surface area contributed by atoms with Crippen molar-refractivity contribution in [2.45, 2.75) is 19.4 Å². The number of aromatic nitrogens is 2. The molecule has 2 aromatic rings. The first kappa shape index (κ1) is 13.1. The Kier molecular flexibility index (Phi) is 4.04. The van der Waals surface area contributed by atoms with Crippen molar-refractivity contribution in [2.75, 3.05) is 0 Å². The van der Waals surface area contributed by atoms with Crippen molar-refractivity contribution in [1.29, 1.82) is 0 Å². The second-order valence-electron chi connectivity index (χ2n) is 4.39. The van der Waals surface area contributed by atoms with E-state index in [1.54, 1.807) is 10.9 Å². The van der Waals surface area contributed by atoms with Crippen LogP contribution in [-0.4, -0.2) is 15.8 Å². The quantitative estimate of drug-likeness (QED) is 0.945. The number of hydrogen-bond acceptors (Lipinski definition) is 3. The molecule has 4 nitrogen and oxygen atoms in total. The summed E-state index contributed by atoms with van der Waals surface area (Å²) in [5, 5.41) is 4.08. The molecule has 1 aromatic carbocycles. The summed E-state index contributed by atoms with van der Waals surface area (Å²) in [7, 11) is 1.86. The highest BCUT2D eigenvalue weighted by Gasteiger charge is 2.09. The van der Waals surface area contributed by atoms with Gasteiger partial charge in [0.1, 0.15) is 5.75 Å². The molecule has 1 heterocycles. The van der Waals surface area contributed by atoms with Crippen molar-refractivity contribution in [3.8, 4) is 11.5 Å². The van der Waals surface area contributed by atoms with Crippen LogP contribution in [0.5, 0.6) is 11.5 Å². The van der Waals surface area contributed by atoms with Gasteiger partial charge in [-0.3, -0.25) is 4.68 Å². The van der Waals surface area contributed by atoms with E-state index in [0.717, 1.165) is 28.0 Å². The van der Waals surface area contributed by atoms with Gasteiger partial charge in [0.25, 0.3) is 0 Å². The average molecular weight is 310 g/mol. The Morgan fingerprint density at radius 1 is 1.50 bits per heavy atom. The van der Waals surface area contributed by atoms with E-state index in [9.17, 15) is 0 Å². The largest absolute Gasteiger partial charge is 0.454 e. The first-order chi connectivity index (χ1) is 8.54. The fourth-order valence-corrected chi connectivity index (χ4v) is 2.14. The predicted octanol–water partition coefficient (Wildman–Crippen LogP) is 2.86. The Balaban J connectivity index is 2.26. The van der Waals surface area contributed by atoms with Gasteiger partial charge in [-0.15, -0.1) is 0 Å². The zero-order valence-corrected chi connectivity index (χ0v) is 12.0. The highest BCUT2D eigenvalue weighted by atomic mass is 79.9. The van der Waals surface area contributed by atoms with E-state index in [0.29, 0.717) is 0 Å². The monoisotopic (exact) mass is 309 g/mol. The number of ether oxygens (including phenoxy) is 1. The van der Waals surface area contributed by atoms with Gasteiger partial charge in [-0.2, -0.15) is 5.10 Å². The number of nitrogens with zero attached hydrogens (tertiary/aromatic N) is 2. The fraction of sp³-hybridized carbons (Fsp3) is 0.308. The van der Waals surface area contributed by atoms with E-state index < -0.39 is 0 Å². The van der Waals surface area contributed by atoms with Gasteiger partial charge >= 0.3 is 0 Å². The number of aryl methyl sites for hydroxylation is 1. The Morgan fingerprint density at radius 3 is 2.89 bits per heavy atom. The average Bonchev–Trinajstić information content (AvgIpc) is 2.67. The van der Waals surface area contributed by atoms with Crippen LogP contribution in [0.3, 0.4) is 0 Å². The Hall–Kier alpha value is -1.33. The van der Waals surface area contributed by atoms with E-state index in [1.165, 1.54) is 0 Å². The van der Waals surface area contributed by atoms with E-state index >= 15 is 0 Å². The third-order valence-corrected chi connectivity index (χ3v) is 2.97. The van der Waals surface area contributed by atoms with Crippen LogP contribution < -0.4 is 10.5 Å². The minimum absolute atomic E-state index is 0.0931. The minimum Gasteiger partial charge on any atom is -0.454 e. The summed E-state index contributed by atoms with van der Waals surface area (Å²) in [5.74, 6) is 1.55. The zero-order chi connectivity index (χ0) is 13.1. The highest BCUT2D eigenvalue weighted by molar-refractivity contribution is 9.10. The lowest BCUT2D eigenvalue weighted by Crippen LogP contribution is -2.18. The molecule has 0 saturated heterocycles. The summed E-state index contributed by atoms with van der Waals surface area (Å²) in [4.78, 5) is 0. The maximum atomic E-state index is 5.85. The minimum atomic E-state index is 0.0931. The standard InChI is InChI=1S/C13H16BrN3O/c1-9(15)5-10-6-11(14)3-4-13(10)18-12-7-16-17(2)8-12/h3-4,6-9H,5,15H2,1-2H3. The van der Waals surface area contributed by atoms with Crippen LogP contribution in [0.1, 0.15) is 12.5 Å². The lowest BCUT2D eigenvalue weighted by Gasteiger charge is -2.12. The van der Waals surface area contributed by atoms with Crippen molar-refractivity contribution in [3.05, 3.63) is 40.6 Å². The molecule has 0 saturated carbocycles. The molecule has 0 bridgehead atoms. The smallest absolute Gasteiger partial charge is 0.165 e. The number of hydrogen-bond donors (Lipinski definition) is 1. The van der Waals surface area contributed by atoms with Crippen molar-refractivity contribution in [3.63, 3.8) is 0 Å². The number of halogens is 1. The molecule has 0 radical (unpaired) electrons. The lowest BCUT2D eigenvalue weighted by atomic mass is 10.1. The number of rotatable bonds is 4. The van der Waals surface area contributed by atoms with E-state index in [4.69, 9.17) is 10.5 Å². The van der Waals surface area contributed by atoms with Crippen molar-refractivity contribution < 1.29 is 4.74 Å². The van der Waals surface area contributed by atoms with Crippen molar-refractivity contribution in [1.82, 2.24) is 9.78 Å². The molecule has 96 valence electrons. The summed E-state index contributed by atoms with van der Waals surface area (Å²) in [6, 6.07) is 6.02. The molecular weight excluding hydrogens is 294 g/mol. The molecular formula is C13H16BrN3O. The summed E-state index contributed by atoms with van der Waals surface area (Å²) in [6.45, 7) is 1.98. The Bertz CT molecular complexity index is 537. The second kappa shape index (κ2) is 5.54. The molecule has 1 aromatic heterocycles. The number of benzene rings is 1. The molecule has 0 fully saturated rings. The van der Waals surface area contributed by atoms with Crippen molar-refractivity contribution in [2.24, 2.45) is 12.8 Å². The first-order valence-electron chi connectivity index (χ1n) is 5.75. The molecule has 2 N–H and O–H groups in total. The third kappa shape index (κ3) is 3.34. The zero-order valence-electron chi connectivity index (χ0n) is 10.4. The molecule has 5 heteroatoms. The summed E-state index contributed by atoms with van der Waals surface area (Å²) >= 11 is 3.46.